The van der Waals surface area contributed by atoms with Crippen molar-refractivity contribution in [2.75, 3.05) is 18.8 Å². The number of aromatic nitrogens is 2. The summed E-state index contributed by atoms with van der Waals surface area (Å²) in [6, 6.07) is 8.28. The summed E-state index contributed by atoms with van der Waals surface area (Å²) < 4.78 is 0. The highest BCUT2D eigenvalue weighted by atomic mass is 32.2. The second kappa shape index (κ2) is 7.98. The van der Waals surface area contributed by atoms with E-state index in [0.717, 1.165) is 40.9 Å². The summed E-state index contributed by atoms with van der Waals surface area (Å²) in [4.78, 5) is 25.1. The molecule has 1 fully saturated rings. The molecule has 0 radical (unpaired) electrons. The predicted molar refractivity (Wildman–Crippen MR) is 111 cm³/mol. The predicted octanol–water partition coefficient (Wildman–Crippen LogP) is 5.22. The van der Waals surface area contributed by atoms with Gasteiger partial charge in [0, 0.05) is 13.1 Å². The lowest BCUT2D eigenvalue weighted by Gasteiger charge is -2.30. The molecule has 26 heavy (non-hydrogen) atoms. The van der Waals surface area contributed by atoms with Gasteiger partial charge in [0.1, 0.15) is 5.69 Å². The first-order valence-electron chi connectivity index (χ1n) is 8.79. The zero-order valence-corrected chi connectivity index (χ0v) is 17.1. The third-order valence-electron chi connectivity index (χ3n) is 4.55. The van der Waals surface area contributed by atoms with Crippen LogP contribution in [0, 0.1) is 5.92 Å². The largest absolute Gasteiger partial charge is 0.342 e. The van der Waals surface area contributed by atoms with Crippen molar-refractivity contribution in [3.8, 4) is 21.1 Å². The summed E-state index contributed by atoms with van der Waals surface area (Å²) in [6.07, 6.45) is 2.34. The minimum atomic E-state index is 0.216. The number of thiophene rings is 2. The Morgan fingerprint density at radius 2 is 2.08 bits per heavy atom. The van der Waals surface area contributed by atoms with Crippen molar-refractivity contribution in [3.05, 3.63) is 35.0 Å². The highest BCUT2D eigenvalue weighted by Crippen LogP contribution is 2.36. The Labute approximate surface area is 165 Å². The molecule has 1 N–H and O–H groups in total. The van der Waals surface area contributed by atoms with Crippen molar-refractivity contribution < 1.29 is 4.79 Å². The van der Waals surface area contributed by atoms with Crippen LogP contribution in [-0.4, -0.2) is 39.6 Å². The number of imidazole rings is 1. The number of nitrogens with zero attached hydrogens (tertiary/aromatic N) is 2. The van der Waals surface area contributed by atoms with Crippen LogP contribution < -0.4 is 0 Å². The molecule has 0 bridgehead atoms. The van der Waals surface area contributed by atoms with E-state index in [0.29, 0.717) is 11.7 Å². The normalized spacial score (nSPS) is 17.6. The highest BCUT2D eigenvalue weighted by molar-refractivity contribution is 7.99. The molecule has 4 rings (SSSR count). The van der Waals surface area contributed by atoms with Gasteiger partial charge in [0.2, 0.25) is 5.91 Å². The van der Waals surface area contributed by atoms with Crippen LogP contribution in [0.4, 0.5) is 0 Å². The maximum Gasteiger partial charge on any atom is 0.233 e. The van der Waals surface area contributed by atoms with Crippen molar-refractivity contribution in [2.24, 2.45) is 5.92 Å². The van der Waals surface area contributed by atoms with Crippen molar-refractivity contribution in [1.82, 2.24) is 14.9 Å². The number of piperidine rings is 1. The van der Waals surface area contributed by atoms with Crippen LogP contribution in [0.25, 0.3) is 21.1 Å². The number of nitrogens with one attached hydrogen (secondary N) is 1. The molecule has 1 aliphatic heterocycles. The van der Waals surface area contributed by atoms with Gasteiger partial charge in [-0.25, -0.2) is 4.98 Å². The summed E-state index contributed by atoms with van der Waals surface area (Å²) in [5.41, 5.74) is 2.02. The molecule has 1 amide bonds. The lowest BCUT2D eigenvalue weighted by molar-refractivity contribution is -0.130. The fourth-order valence-corrected chi connectivity index (χ4v) is 5.47. The lowest BCUT2D eigenvalue weighted by Crippen LogP contribution is -2.40. The number of amides is 1. The van der Waals surface area contributed by atoms with Crippen LogP contribution >= 0.6 is 34.4 Å². The zero-order valence-electron chi connectivity index (χ0n) is 14.6. The number of H-pyrrole nitrogens is 1. The maximum atomic E-state index is 12.5. The second-order valence-electron chi connectivity index (χ2n) is 6.60. The molecular weight excluding hydrogens is 382 g/mol. The van der Waals surface area contributed by atoms with E-state index in [2.05, 4.69) is 34.8 Å². The Hall–Kier alpha value is -1.57. The number of carbonyl (C=O) groups excluding carboxylic acids is 1. The summed E-state index contributed by atoms with van der Waals surface area (Å²) in [7, 11) is 0. The first-order chi connectivity index (χ1) is 12.7. The van der Waals surface area contributed by atoms with E-state index in [1.165, 1.54) is 23.1 Å². The van der Waals surface area contributed by atoms with Gasteiger partial charge < -0.3 is 9.88 Å². The number of likely N-dealkylation sites (tertiary alicyclic amines) is 1. The van der Waals surface area contributed by atoms with Crippen LogP contribution in [0.2, 0.25) is 0 Å². The van der Waals surface area contributed by atoms with Gasteiger partial charge in [-0.3, -0.25) is 4.79 Å². The standard InChI is InChI=1S/C19H21N3OS3/c1-13-5-2-8-22(11-13)16(23)12-26-19-20-17(14-6-3-9-24-14)18(21-19)15-7-4-10-25-15/h3-4,6-7,9-10,13H,2,5,8,11-12H2,1H3,(H,20,21). The summed E-state index contributed by atoms with van der Waals surface area (Å²) in [5, 5.41) is 4.95. The Balaban J connectivity index is 1.50. The summed E-state index contributed by atoms with van der Waals surface area (Å²) >= 11 is 4.89. The van der Waals surface area contributed by atoms with Gasteiger partial charge in [0.05, 0.1) is 21.2 Å². The van der Waals surface area contributed by atoms with Crippen LogP contribution in [0.5, 0.6) is 0 Å². The van der Waals surface area contributed by atoms with Crippen molar-refractivity contribution in [1.29, 1.82) is 0 Å². The Morgan fingerprint density at radius 3 is 2.77 bits per heavy atom. The number of aromatic amines is 1. The molecule has 136 valence electrons. The monoisotopic (exact) mass is 403 g/mol. The fourth-order valence-electron chi connectivity index (χ4n) is 3.25. The van der Waals surface area contributed by atoms with Crippen LogP contribution in [0.3, 0.4) is 0 Å². The Kier molecular flexibility index (Phi) is 5.47. The van der Waals surface area contributed by atoms with E-state index in [1.54, 1.807) is 22.7 Å². The van der Waals surface area contributed by atoms with E-state index in [-0.39, 0.29) is 5.91 Å². The van der Waals surface area contributed by atoms with Gasteiger partial charge >= 0.3 is 0 Å². The highest BCUT2D eigenvalue weighted by Gasteiger charge is 2.22. The first-order valence-corrected chi connectivity index (χ1v) is 11.5. The van der Waals surface area contributed by atoms with Crippen molar-refractivity contribution in [2.45, 2.75) is 24.9 Å². The molecule has 0 aromatic carbocycles. The van der Waals surface area contributed by atoms with Crippen LogP contribution in [0.1, 0.15) is 19.8 Å². The molecule has 1 saturated heterocycles. The average molecular weight is 404 g/mol. The number of carbonyl (C=O) groups is 1. The van der Waals surface area contributed by atoms with Gasteiger partial charge in [-0.1, -0.05) is 30.8 Å². The topological polar surface area (TPSA) is 49.0 Å². The minimum Gasteiger partial charge on any atom is -0.342 e. The molecule has 1 aliphatic rings. The molecular formula is C19H21N3OS3. The molecule has 1 atom stereocenters. The number of rotatable bonds is 5. The molecule has 4 nitrogen and oxygen atoms in total. The van der Waals surface area contributed by atoms with E-state index >= 15 is 0 Å². The number of hydrogen-bond acceptors (Lipinski definition) is 5. The second-order valence-corrected chi connectivity index (χ2v) is 9.46. The van der Waals surface area contributed by atoms with Gasteiger partial charge in [-0.15, -0.1) is 22.7 Å². The fraction of sp³-hybridized carbons (Fsp3) is 0.368. The molecule has 7 heteroatoms. The Morgan fingerprint density at radius 1 is 1.31 bits per heavy atom. The molecule has 0 saturated carbocycles. The molecule has 0 spiro atoms. The molecule has 4 heterocycles. The van der Waals surface area contributed by atoms with E-state index in [9.17, 15) is 4.79 Å². The summed E-state index contributed by atoms with van der Waals surface area (Å²) in [6.45, 7) is 4.00. The minimum absolute atomic E-state index is 0.216. The molecule has 3 aromatic heterocycles. The van der Waals surface area contributed by atoms with Crippen LogP contribution in [-0.2, 0) is 4.79 Å². The third kappa shape index (κ3) is 3.89. The molecule has 0 aliphatic carbocycles. The smallest absolute Gasteiger partial charge is 0.233 e. The van der Waals surface area contributed by atoms with Gasteiger partial charge in [0.15, 0.2) is 5.16 Å². The van der Waals surface area contributed by atoms with Gasteiger partial charge in [-0.05, 0) is 41.7 Å². The van der Waals surface area contributed by atoms with E-state index < -0.39 is 0 Å². The van der Waals surface area contributed by atoms with Gasteiger partial charge in [0.25, 0.3) is 0 Å². The number of hydrogen-bond donors (Lipinski definition) is 1. The third-order valence-corrected chi connectivity index (χ3v) is 7.17. The van der Waals surface area contributed by atoms with Crippen molar-refractivity contribution in [3.63, 3.8) is 0 Å². The molecule has 1 unspecified atom stereocenters. The lowest BCUT2D eigenvalue weighted by atomic mass is 10.0. The first kappa shape index (κ1) is 17.8. The molecule has 3 aromatic rings. The SMILES string of the molecule is CC1CCCN(C(=O)CSc2nc(-c3cccs3)c(-c3cccs3)[nH]2)C1. The van der Waals surface area contributed by atoms with E-state index in [4.69, 9.17) is 4.98 Å². The van der Waals surface area contributed by atoms with Gasteiger partial charge in [-0.2, -0.15) is 0 Å². The zero-order chi connectivity index (χ0) is 17.9. The maximum absolute atomic E-state index is 12.5. The van der Waals surface area contributed by atoms with E-state index in [1.807, 2.05) is 17.0 Å². The summed E-state index contributed by atoms with van der Waals surface area (Å²) in [5.74, 6) is 1.26. The number of thioether (sulfide) groups is 1. The average Bonchev–Trinajstić information content (AvgIpc) is 3.40. The quantitative estimate of drug-likeness (QED) is 0.594. The van der Waals surface area contributed by atoms with Crippen molar-refractivity contribution >= 4 is 40.3 Å². The Bertz CT molecular complexity index is 803. The van der Waals surface area contributed by atoms with Crippen LogP contribution in [0.15, 0.2) is 40.2 Å².